The summed E-state index contributed by atoms with van der Waals surface area (Å²) in [5.41, 5.74) is 2.66. The van der Waals surface area contributed by atoms with Crippen molar-refractivity contribution in [3.8, 4) is 28.4 Å². The van der Waals surface area contributed by atoms with Crippen LogP contribution in [-0.4, -0.2) is 13.4 Å². The van der Waals surface area contributed by atoms with Crippen LogP contribution in [0.1, 0.15) is 10.4 Å². The first-order valence-electron chi connectivity index (χ1n) is 8.68. The first kappa shape index (κ1) is 16.9. The van der Waals surface area contributed by atoms with Crippen LogP contribution in [0, 0.1) is 0 Å². The monoisotopic (exact) mass is 354 g/mol. The molecule has 0 aliphatic rings. The number of fused-ring (bicyclic) bond motifs is 1. The zero-order valence-corrected chi connectivity index (χ0v) is 14.9. The summed E-state index contributed by atoms with van der Waals surface area (Å²) in [5.74, 6) is 2.29. The van der Waals surface area contributed by atoms with E-state index < -0.39 is 0 Å². The lowest BCUT2D eigenvalue weighted by atomic mass is 9.99. The highest BCUT2D eigenvalue weighted by Gasteiger charge is 2.12. The molecule has 0 aliphatic heterocycles. The van der Waals surface area contributed by atoms with Crippen LogP contribution < -0.4 is 9.47 Å². The van der Waals surface area contributed by atoms with Crippen molar-refractivity contribution in [3.05, 3.63) is 90.5 Å². The van der Waals surface area contributed by atoms with Crippen LogP contribution in [0.3, 0.4) is 0 Å². The van der Waals surface area contributed by atoms with Crippen LogP contribution in [0.4, 0.5) is 0 Å². The van der Waals surface area contributed by atoms with E-state index in [2.05, 4.69) is 24.3 Å². The standard InChI is InChI=1S/C24H18O3/c1-26-20-13-8-19(9-14-20)23-15-10-18-4-2-3-5-22(18)24(23)27-21-11-6-17(16-25)7-12-21/h2-16H,1H3. The summed E-state index contributed by atoms with van der Waals surface area (Å²) in [5, 5.41) is 2.14. The summed E-state index contributed by atoms with van der Waals surface area (Å²) in [6, 6.07) is 27.3. The molecule has 0 amide bonds. The van der Waals surface area contributed by atoms with Gasteiger partial charge in [0.25, 0.3) is 0 Å². The Bertz CT molecular complexity index is 1080. The highest BCUT2D eigenvalue weighted by Crippen LogP contribution is 2.40. The largest absolute Gasteiger partial charge is 0.497 e. The second-order valence-corrected chi connectivity index (χ2v) is 6.18. The average molecular weight is 354 g/mol. The fourth-order valence-electron chi connectivity index (χ4n) is 3.08. The normalized spacial score (nSPS) is 10.6. The lowest BCUT2D eigenvalue weighted by Crippen LogP contribution is -1.91. The molecule has 0 heterocycles. The van der Waals surface area contributed by atoms with Crippen molar-refractivity contribution in [3.63, 3.8) is 0 Å². The van der Waals surface area contributed by atoms with E-state index in [1.54, 1.807) is 19.2 Å². The summed E-state index contributed by atoms with van der Waals surface area (Å²) in [7, 11) is 1.66. The second kappa shape index (κ2) is 7.34. The molecule has 0 saturated carbocycles. The highest BCUT2D eigenvalue weighted by molar-refractivity contribution is 5.95. The molecule has 0 saturated heterocycles. The zero-order valence-electron chi connectivity index (χ0n) is 14.9. The predicted octanol–water partition coefficient (Wildman–Crippen LogP) is 6.12. The third kappa shape index (κ3) is 3.40. The van der Waals surface area contributed by atoms with Gasteiger partial charge in [0.2, 0.25) is 0 Å². The SMILES string of the molecule is COc1ccc(-c2ccc3ccccc3c2Oc2ccc(C=O)cc2)cc1. The molecule has 4 aromatic carbocycles. The van der Waals surface area contributed by atoms with Gasteiger partial charge in [-0.1, -0.05) is 42.5 Å². The Hall–Kier alpha value is -3.59. The van der Waals surface area contributed by atoms with Gasteiger partial charge in [-0.05, 0) is 53.4 Å². The Morgan fingerprint density at radius 3 is 2.15 bits per heavy atom. The van der Waals surface area contributed by atoms with E-state index in [0.29, 0.717) is 11.3 Å². The number of hydrogen-bond acceptors (Lipinski definition) is 3. The number of benzene rings is 4. The van der Waals surface area contributed by atoms with Gasteiger partial charge in [0.05, 0.1) is 7.11 Å². The van der Waals surface area contributed by atoms with E-state index in [-0.39, 0.29) is 0 Å². The van der Waals surface area contributed by atoms with Crippen LogP contribution in [0.15, 0.2) is 84.9 Å². The first-order chi connectivity index (χ1) is 13.3. The molecule has 132 valence electrons. The zero-order chi connectivity index (χ0) is 18.6. The van der Waals surface area contributed by atoms with Crippen LogP contribution in [0.25, 0.3) is 21.9 Å². The average Bonchev–Trinajstić information content (AvgIpc) is 2.74. The summed E-state index contributed by atoms with van der Waals surface area (Å²) in [4.78, 5) is 10.9. The number of aldehydes is 1. The topological polar surface area (TPSA) is 35.5 Å². The van der Waals surface area contributed by atoms with Gasteiger partial charge < -0.3 is 9.47 Å². The molecule has 0 bridgehead atoms. The number of methoxy groups -OCH3 is 1. The molecule has 3 heteroatoms. The van der Waals surface area contributed by atoms with Crippen molar-refractivity contribution < 1.29 is 14.3 Å². The number of rotatable bonds is 5. The Morgan fingerprint density at radius 2 is 1.44 bits per heavy atom. The maximum atomic E-state index is 10.9. The van der Waals surface area contributed by atoms with Crippen molar-refractivity contribution in [2.75, 3.05) is 7.11 Å². The van der Waals surface area contributed by atoms with E-state index in [4.69, 9.17) is 9.47 Å². The van der Waals surface area contributed by atoms with E-state index in [1.165, 1.54) is 0 Å². The van der Waals surface area contributed by atoms with Crippen molar-refractivity contribution in [2.45, 2.75) is 0 Å². The van der Waals surface area contributed by atoms with Crippen LogP contribution in [0.5, 0.6) is 17.2 Å². The highest BCUT2D eigenvalue weighted by atomic mass is 16.5. The quantitative estimate of drug-likeness (QED) is 0.405. The molecule has 0 N–H and O–H groups in total. The molecular weight excluding hydrogens is 336 g/mol. The van der Waals surface area contributed by atoms with E-state index in [1.807, 2.05) is 48.5 Å². The summed E-state index contributed by atoms with van der Waals surface area (Å²) in [6.07, 6.45) is 0.824. The molecule has 4 rings (SSSR count). The molecule has 0 unspecified atom stereocenters. The van der Waals surface area contributed by atoms with E-state index in [9.17, 15) is 4.79 Å². The Labute approximate surface area is 157 Å². The maximum absolute atomic E-state index is 10.9. The van der Waals surface area contributed by atoms with Crippen molar-refractivity contribution in [1.82, 2.24) is 0 Å². The minimum Gasteiger partial charge on any atom is -0.497 e. The lowest BCUT2D eigenvalue weighted by Gasteiger charge is -2.15. The molecule has 0 radical (unpaired) electrons. The van der Waals surface area contributed by atoms with Crippen LogP contribution in [-0.2, 0) is 0 Å². The molecule has 0 atom stereocenters. The molecule has 4 aromatic rings. The summed E-state index contributed by atoms with van der Waals surface area (Å²) in [6.45, 7) is 0. The Kier molecular flexibility index (Phi) is 4.58. The maximum Gasteiger partial charge on any atom is 0.150 e. The van der Waals surface area contributed by atoms with Gasteiger partial charge in [-0.25, -0.2) is 0 Å². The van der Waals surface area contributed by atoms with E-state index in [0.717, 1.165) is 39.7 Å². The van der Waals surface area contributed by atoms with Crippen molar-refractivity contribution in [2.24, 2.45) is 0 Å². The number of carbonyl (C=O) groups is 1. The molecule has 0 fully saturated rings. The Morgan fingerprint density at radius 1 is 0.741 bits per heavy atom. The van der Waals surface area contributed by atoms with Gasteiger partial charge in [0.15, 0.2) is 0 Å². The van der Waals surface area contributed by atoms with Gasteiger partial charge >= 0.3 is 0 Å². The fourth-order valence-corrected chi connectivity index (χ4v) is 3.08. The second-order valence-electron chi connectivity index (χ2n) is 6.18. The number of carbonyl (C=O) groups excluding carboxylic acids is 1. The van der Waals surface area contributed by atoms with Gasteiger partial charge in [-0.15, -0.1) is 0 Å². The number of ether oxygens (including phenoxy) is 2. The third-order valence-corrected chi connectivity index (χ3v) is 4.52. The summed E-state index contributed by atoms with van der Waals surface area (Å²) >= 11 is 0. The Balaban J connectivity index is 1.84. The third-order valence-electron chi connectivity index (χ3n) is 4.52. The molecule has 27 heavy (non-hydrogen) atoms. The molecule has 0 spiro atoms. The minimum absolute atomic E-state index is 0.621. The van der Waals surface area contributed by atoms with Gasteiger partial charge in [-0.3, -0.25) is 4.79 Å². The van der Waals surface area contributed by atoms with Crippen LogP contribution >= 0.6 is 0 Å². The molecular formula is C24H18O3. The van der Waals surface area contributed by atoms with Crippen molar-refractivity contribution in [1.29, 1.82) is 0 Å². The number of hydrogen-bond donors (Lipinski definition) is 0. The minimum atomic E-state index is 0.621. The summed E-state index contributed by atoms with van der Waals surface area (Å²) < 4.78 is 11.5. The van der Waals surface area contributed by atoms with Gasteiger partial charge in [0, 0.05) is 16.5 Å². The first-order valence-corrected chi connectivity index (χ1v) is 8.68. The fraction of sp³-hybridized carbons (Fsp3) is 0.0417. The lowest BCUT2D eigenvalue weighted by molar-refractivity contribution is 0.112. The molecule has 3 nitrogen and oxygen atoms in total. The predicted molar refractivity (Wildman–Crippen MR) is 108 cm³/mol. The van der Waals surface area contributed by atoms with Crippen molar-refractivity contribution >= 4 is 17.1 Å². The molecule has 0 aromatic heterocycles. The van der Waals surface area contributed by atoms with Gasteiger partial charge in [-0.2, -0.15) is 0 Å². The molecule has 0 aliphatic carbocycles. The van der Waals surface area contributed by atoms with E-state index >= 15 is 0 Å². The van der Waals surface area contributed by atoms with Gasteiger partial charge in [0.1, 0.15) is 23.5 Å². The van der Waals surface area contributed by atoms with Crippen LogP contribution in [0.2, 0.25) is 0 Å². The smallest absolute Gasteiger partial charge is 0.150 e.